The van der Waals surface area contributed by atoms with Crippen LogP contribution in [0.25, 0.3) is 22.2 Å². The molecule has 0 aliphatic carbocycles. The Balaban J connectivity index is 2.08. The topological polar surface area (TPSA) is 31.4 Å². The van der Waals surface area contributed by atoms with Gasteiger partial charge in [0.05, 0.1) is 25.4 Å². The summed E-state index contributed by atoms with van der Waals surface area (Å²) in [6, 6.07) is 17.8. The summed E-state index contributed by atoms with van der Waals surface area (Å²) >= 11 is 0. The van der Waals surface area contributed by atoms with Crippen molar-refractivity contribution in [1.29, 1.82) is 0 Å². The monoisotopic (exact) mass is 265 g/mol. The van der Waals surface area contributed by atoms with Crippen molar-refractivity contribution >= 4 is 10.9 Å². The van der Waals surface area contributed by atoms with Gasteiger partial charge >= 0.3 is 0 Å². The van der Waals surface area contributed by atoms with Crippen LogP contribution in [0.2, 0.25) is 0 Å². The number of ether oxygens (including phenoxy) is 2. The lowest BCUT2D eigenvalue weighted by Gasteiger charge is -2.07. The van der Waals surface area contributed by atoms with Crippen molar-refractivity contribution in [3.8, 4) is 22.8 Å². The summed E-state index contributed by atoms with van der Waals surface area (Å²) < 4.78 is 10.5. The van der Waals surface area contributed by atoms with Crippen LogP contribution in [0.1, 0.15) is 0 Å². The number of fused-ring (bicyclic) bond motifs is 1. The van der Waals surface area contributed by atoms with Gasteiger partial charge in [-0.2, -0.15) is 0 Å². The maximum absolute atomic E-state index is 5.35. The van der Waals surface area contributed by atoms with Gasteiger partial charge in [0.2, 0.25) is 0 Å². The molecule has 2 aromatic carbocycles. The number of benzene rings is 2. The lowest BCUT2D eigenvalue weighted by molar-refractivity contribution is 0.415. The molecule has 1 aromatic heterocycles. The Hall–Kier alpha value is -2.55. The van der Waals surface area contributed by atoms with Crippen LogP contribution >= 0.6 is 0 Å². The van der Waals surface area contributed by atoms with Crippen LogP contribution in [0.3, 0.4) is 0 Å². The van der Waals surface area contributed by atoms with E-state index in [0.29, 0.717) is 0 Å². The van der Waals surface area contributed by atoms with Gasteiger partial charge in [-0.05, 0) is 48.5 Å². The van der Waals surface area contributed by atoms with E-state index < -0.39 is 0 Å². The molecule has 0 bridgehead atoms. The van der Waals surface area contributed by atoms with E-state index in [1.165, 1.54) is 0 Å². The number of hydrogen-bond acceptors (Lipinski definition) is 3. The number of pyridine rings is 1. The fourth-order valence-electron chi connectivity index (χ4n) is 2.23. The second kappa shape index (κ2) is 5.21. The molecule has 1 heterocycles. The maximum Gasteiger partial charge on any atom is 0.128 e. The molecule has 0 atom stereocenters. The molecule has 100 valence electrons. The van der Waals surface area contributed by atoms with Gasteiger partial charge in [0, 0.05) is 10.9 Å². The zero-order valence-electron chi connectivity index (χ0n) is 11.5. The second-order valence-electron chi connectivity index (χ2n) is 4.45. The normalized spacial score (nSPS) is 10.5. The molecular formula is C17H15NO2. The zero-order valence-corrected chi connectivity index (χ0v) is 11.5. The van der Waals surface area contributed by atoms with E-state index in [0.717, 1.165) is 33.7 Å². The lowest BCUT2D eigenvalue weighted by atomic mass is 10.1. The van der Waals surface area contributed by atoms with Crippen molar-refractivity contribution in [2.45, 2.75) is 0 Å². The first kappa shape index (κ1) is 12.5. The highest BCUT2D eigenvalue weighted by Gasteiger charge is 2.05. The molecule has 3 heteroatoms. The van der Waals surface area contributed by atoms with E-state index in [9.17, 15) is 0 Å². The summed E-state index contributed by atoms with van der Waals surface area (Å²) in [5.41, 5.74) is 2.93. The third kappa shape index (κ3) is 2.18. The molecule has 0 saturated carbocycles. The third-order valence-electron chi connectivity index (χ3n) is 3.30. The number of hydrogen-bond donors (Lipinski definition) is 0. The second-order valence-corrected chi connectivity index (χ2v) is 4.45. The van der Waals surface area contributed by atoms with Crippen molar-refractivity contribution in [2.75, 3.05) is 14.2 Å². The van der Waals surface area contributed by atoms with Crippen molar-refractivity contribution in [2.24, 2.45) is 0 Å². The Kier molecular flexibility index (Phi) is 3.25. The standard InChI is InChI=1S/C17H15NO2/c1-19-13-8-6-12(7-9-13)15-11-10-14-16(18-15)4-3-5-17(14)20-2/h3-11H,1-2H3. The molecule has 0 aliphatic heterocycles. The van der Waals surface area contributed by atoms with E-state index in [4.69, 9.17) is 9.47 Å². The third-order valence-corrected chi connectivity index (χ3v) is 3.30. The Morgan fingerprint density at radius 3 is 2.30 bits per heavy atom. The van der Waals surface area contributed by atoms with Crippen LogP contribution in [0.4, 0.5) is 0 Å². The molecule has 0 unspecified atom stereocenters. The van der Waals surface area contributed by atoms with E-state index >= 15 is 0 Å². The van der Waals surface area contributed by atoms with Crippen LogP contribution in [-0.2, 0) is 0 Å². The predicted molar refractivity (Wildman–Crippen MR) is 80.3 cm³/mol. The fourth-order valence-corrected chi connectivity index (χ4v) is 2.23. The van der Waals surface area contributed by atoms with Gasteiger partial charge in [-0.15, -0.1) is 0 Å². The minimum absolute atomic E-state index is 0.844. The molecule has 0 N–H and O–H groups in total. The molecule has 3 rings (SSSR count). The average molecular weight is 265 g/mol. The first-order valence-corrected chi connectivity index (χ1v) is 6.40. The quantitative estimate of drug-likeness (QED) is 0.719. The highest BCUT2D eigenvalue weighted by atomic mass is 16.5. The summed E-state index contributed by atoms with van der Waals surface area (Å²) in [7, 11) is 3.34. The molecule has 0 fully saturated rings. The minimum atomic E-state index is 0.844. The maximum atomic E-state index is 5.35. The van der Waals surface area contributed by atoms with Crippen molar-refractivity contribution in [1.82, 2.24) is 4.98 Å². The van der Waals surface area contributed by atoms with Crippen LogP contribution in [0, 0.1) is 0 Å². The summed E-state index contributed by atoms with van der Waals surface area (Å²) in [5.74, 6) is 1.69. The van der Waals surface area contributed by atoms with Gasteiger partial charge < -0.3 is 9.47 Å². The van der Waals surface area contributed by atoms with Crippen LogP contribution in [-0.4, -0.2) is 19.2 Å². The molecule has 0 radical (unpaired) electrons. The minimum Gasteiger partial charge on any atom is -0.497 e. The first-order valence-electron chi connectivity index (χ1n) is 6.40. The number of aromatic nitrogens is 1. The molecule has 0 spiro atoms. The molecular weight excluding hydrogens is 250 g/mol. The van der Waals surface area contributed by atoms with Crippen LogP contribution in [0.15, 0.2) is 54.6 Å². The van der Waals surface area contributed by atoms with Gasteiger partial charge in [-0.3, -0.25) is 0 Å². The molecule has 3 nitrogen and oxygen atoms in total. The van der Waals surface area contributed by atoms with Gasteiger partial charge in [0.15, 0.2) is 0 Å². The number of nitrogens with zero attached hydrogens (tertiary/aromatic N) is 1. The first-order chi connectivity index (χ1) is 9.81. The Bertz CT molecular complexity index is 736. The SMILES string of the molecule is COc1ccc(-c2ccc3c(OC)cccc3n2)cc1. The summed E-state index contributed by atoms with van der Waals surface area (Å²) in [6.07, 6.45) is 0. The Labute approximate surface area is 117 Å². The smallest absolute Gasteiger partial charge is 0.128 e. The van der Waals surface area contributed by atoms with E-state index in [2.05, 4.69) is 4.98 Å². The summed E-state index contributed by atoms with van der Waals surface area (Å²) in [4.78, 5) is 4.69. The molecule has 20 heavy (non-hydrogen) atoms. The number of rotatable bonds is 3. The molecule has 0 aliphatic rings. The Morgan fingerprint density at radius 1 is 0.800 bits per heavy atom. The van der Waals surface area contributed by atoms with Crippen molar-refractivity contribution in [3.05, 3.63) is 54.6 Å². The molecule has 0 amide bonds. The van der Waals surface area contributed by atoms with Crippen LogP contribution < -0.4 is 9.47 Å². The van der Waals surface area contributed by atoms with E-state index in [1.54, 1.807) is 14.2 Å². The molecule has 0 saturated heterocycles. The van der Waals surface area contributed by atoms with Gasteiger partial charge in [-0.25, -0.2) is 4.98 Å². The van der Waals surface area contributed by atoms with Crippen molar-refractivity contribution in [3.63, 3.8) is 0 Å². The van der Waals surface area contributed by atoms with Crippen LogP contribution in [0.5, 0.6) is 11.5 Å². The van der Waals surface area contributed by atoms with Gasteiger partial charge in [-0.1, -0.05) is 6.07 Å². The van der Waals surface area contributed by atoms with E-state index in [-0.39, 0.29) is 0 Å². The molecule has 3 aromatic rings. The predicted octanol–water partition coefficient (Wildman–Crippen LogP) is 3.92. The summed E-state index contributed by atoms with van der Waals surface area (Å²) in [5, 5.41) is 1.02. The van der Waals surface area contributed by atoms with Gasteiger partial charge in [0.1, 0.15) is 11.5 Å². The van der Waals surface area contributed by atoms with Gasteiger partial charge in [0.25, 0.3) is 0 Å². The van der Waals surface area contributed by atoms with E-state index in [1.807, 2.05) is 54.6 Å². The fraction of sp³-hybridized carbons (Fsp3) is 0.118. The summed E-state index contributed by atoms with van der Waals surface area (Å²) in [6.45, 7) is 0. The van der Waals surface area contributed by atoms with Crippen molar-refractivity contribution < 1.29 is 9.47 Å². The number of methoxy groups -OCH3 is 2. The Morgan fingerprint density at radius 2 is 1.60 bits per heavy atom. The average Bonchev–Trinajstić information content (AvgIpc) is 2.53. The largest absolute Gasteiger partial charge is 0.497 e. The highest BCUT2D eigenvalue weighted by Crippen LogP contribution is 2.27. The lowest BCUT2D eigenvalue weighted by Crippen LogP contribution is -1.89. The highest BCUT2D eigenvalue weighted by molar-refractivity contribution is 5.87. The zero-order chi connectivity index (χ0) is 13.9.